The molecule has 3 heteroatoms. The summed E-state index contributed by atoms with van der Waals surface area (Å²) in [6, 6.07) is 18.5. The first-order chi connectivity index (χ1) is 10.2. The van der Waals surface area contributed by atoms with Crippen LogP contribution in [0.25, 0.3) is 32.8 Å². The molecule has 1 aromatic heterocycles. The molecule has 0 unspecified atom stereocenters. The smallest absolute Gasteiger partial charge is 0.0974 e. The largest absolute Gasteiger partial charge is 0.377 e. The zero-order valence-electron chi connectivity index (χ0n) is 12.0. The van der Waals surface area contributed by atoms with Gasteiger partial charge in [-0.2, -0.15) is 0 Å². The molecule has 0 saturated carbocycles. The van der Waals surface area contributed by atoms with Crippen LogP contribution >= 0.6 is 0 Å². The van der Waals surface area contributed by atoms with Crippen LogP contribution in [0.15, 0.2) is 54.6 Å². The quantitative estimate of drug-likeness (QED) is 0.388. The molecule has 1 heterocycles. The number of anilines is 1. The number of hydrogen-bond donors (Lipinski definition) is 0. The SMILES string of the molecule is CN(C)c1cc2nc3ccccc3nc2c2ccccc12. The second-order valence-corrected chi connectivity index (χ2v) is 5.42. The van der Waals surface area contributed by atoms with Gasteiger partial charge < -0.3 is 4.90 Å². The summed E-state index contributed by atoms with van der Waals surface area (Å²) in [4.78, 5) is 11.7. The molecule has 0 amide bonds. The minimum Gasteiger partial charge on any atom is -0.377 e. The predicted molar refractivity (Wildman–Crippen MR) is 88.9 cm³/mol. The number of benzene rings is 3. The Morgan fingerprint density at radius 1 is 0.714 bits per heavy atom. The summed E-state index contributed by atoms with van der Waals surface area (Å²) in [7, 11) is 4.12. The Balaban J connectivity index is 2.24. The normalized spacial score (nSPS) is 11.3. The Kier molecular flexibility index (Phi) is 2.54. The first-order valence-electron chi connectivity index (χ1n) is 6.99. The van der Waals surface area contributed by atoms with Gasteiger partial charge in [-0.1, -0.05) is 36.4 Å². The van der Waals surface area contributed by atoms with Gasteiger partial charge in [0.1, 0.15) is 0 Å². The van der Waals surface area contributed by atoms with Crippen LogP contribution in [0.5, 0.6) is 0 Å². The van der Waals surface area contributed by atoms with Crippen molar-refractivity contribution >= 4 is 38.5 Å². The van der Waals surface area contributed by atoms with Crippen molar-refractivity contribution in [2.24, 2.45) is 0 Å². The number of para-hydroxylation sites is 2. The maximum absolute atomic E-state index is 4.83. The van der Waals surface area contributed by atoms with E-state index in [2.05, 4.69) is 49.3 Å². The number of hydrogen-bond acceptors (Lipinski definition) is 3. The molecule has 0 N–H and O–H groups in total. The fraction of sp³-hybridized carbons (Fsp3) is 0.111. The minimum atomic E-state index is 0.935. The summed E-state index contributed by atoms with van der Waals surface area (Å²) >= 11 is 0. The highest BCUT2D eigenvalue weighted by Gasteiger charge is 2.10. The highest BCUT2D eigenvalue weighted by atomic mass is 15.1. The van der Waals surface area contributed by atoms with E-state index in [0.717, 1.165) is 27.5 Å². The first-order valence-corrected chi connectivity index (χ1v) is 6.99. The van der Waals surface area contributed by atoms with Gasteiger partial charge in [0.25, 0.3) is 0 Å². The average molecular weight is 273 g/mol. The highest BCUT2D eigenvalue weighted by Crippen LogP contribution is 2.32. The molecule has 0 aliphatic carbocycles. The van der Waals surface area contributed by atoms with E-state index >= 15 is 0 Å². The van der Waals surface area contributed by atoms with Gasteiger partial charge >= 0.3 is 0 Å². The number of rotatable bonds is 1. The van der Waals surface area contributed by atoms with E-state index in [1.165, 1.54) is 11.1 Å². The molecule has 0 bridgehead atoms. The molecule has 21 heavy (non-hydrogen) atoms. The molecular weight excluding hydrogens is 258 g/mol. The summed E-state index contributed by atoms with van der Waals surface area (Å²) in [5.74, 6) is 0. The summed E-state index contributed by atoms with van der Waals surface area (Å²) in [5.41, 5.74) is 4.95. The van der Waals surface area contributed by atoms with Crippen LogP contribution in [-0.2, 0) is 0 Å². The van der Waals surface area contributed by atoms with E-state index in [-0.39, 0.29) is 0 Å². The van der Waals surface area contributed by atoms with Crippen molar-refractivity contribution in [2.75, 3.05) is 19.0 Å². The fourth-order valence-electron chi connectivity index (χ4n) is 2.80. The molecule has 0 aliphatic heterocycles. The van der Waals surface area contributed by atoms with E-state index < -0.39 is 0 Å². The maximum Gasteiger partial charge on any atom is 0.0974 e. The predicted octanol–water partition coefficient (Wildman–Crippen LogP) is 4.00. The molecule has 0 radical (unpaired) electrons. The molecule has 0 saturated heterocycles. The lowest BCUT2D eigenvalue weighted by Gasteiger charge is -2.17. The third kappa shape index (κ3) is 1.82. The highest BCUT2D eigenvalue weighted by molar-refractivity contribution is 6.11. The van der Waals surface area contributed by atoms with Crippen LogP contribution in [0.1, 0.15) is 0 Å². The van der Waals surface area contributed by atoms with Crippen molar-refractivity contribution in [2.45, 2.75) is 0 Å². The van der Waals surface area contributed by atoms with Crippen molar-refractivity contribution in [3.8, 4) is 0 Å². The topological polar surface area (TPSA) is 29.0 Å². The van der Waals surface area contributed by atoms with Gasteiger partial charge in [0, 0.05) is 30.6 Å². The van der Waals surface area contributed by atoms with E-state index in [1.54, 1.807) is 0 Å². The molecule has 0 spiro atoms. The molecule has 102 valence electrons. The van der Waals surface area contributed by atoms with E-state index in [9.17, 15) is 0 Å². The Labute approximate surface area is 122 Å². The summed E-state index contributed by atoms with van der Waals surface area (Å²) < 4.78 is 0. The molecule has 3 nitrogen and oxygen atoms in total. The first kappa shape index (κ1) is 12.1. The third-order valence-electron chi connectivity index (χ3n) is 3.81. The van der Waals surface area contributed by atoms with Gasteiger partial charge in [-0.05, 0) is 18.2 Å². The van der Waals surface area contributed by atoms with Gasteiger partial charge in [0.2, 0.25) is 0 Å². The van der Waals surface area contributed by atoms with Crippen LogP contribution in [0.2, 0.25) is 0 Å². The molecule has 4 aromatic rings. The lowest BCUT2D eigenvalue weighted by Crippen LogP contribution is -2.09. The van der Waals surface area contributed by atoms with Gasteiger partial charge in [-0.3, -0.25) is 0 Å². The Morgan fingerprint density at radius 3 is 2.05 bits per heavy atom. The number of fused-ring (bicyclic) bond motifs is 4. The van der Waals surface area contributed by atoms with Crippen molar-refractivity contribution in [3.05, 3.63) is 54.6 Å². The lowest BCUT2D eigenvalue weighted by atomic mass is 10.1. The molecule has 4 rings (SSSR count). The van der Waals surface area contributed by atoms with Crippen molar-refractivity contribution in [3.63, 3.8) is 0 Å². The van der Waals surface area contributed by atoms with E-state index in [0.29, 0.717) is 0 Å². The van der Waals surface area contributed by atoms with Crippen molar-refractivity contribution in [1.82, 2.24) is 9.97 Å². The van der Waals surface area contributed by atoms with Crippen molar-refractivity contribution < 1.29 is 0 Å². The Bertz CT molecular complexity index is 974. The van der Waals surface area contributed by atoms with Crippen LogP contribution in [-0.4, -0.2) is 24.1 Å². The monoisotopic (exact) mass is 273 g/mol. The van der Waals surface area contributed by atoms with Gasteiger partial charge in [-0.15, -0.1) is 0 Å². The van der Waals surface area contributed by atoms with Crippen molar-refractivity contribution in [1.29, 1.82) is 0 Å². The maximum atomic E-state index is 4.83. The molecular formula is C18H15N3. The van der Waals surface area contributed by atoms with Crippen LogP contribution in [0, 0.1) is 0 Å². The van der Waals surface area contributed by atoms with Gasteiger partial charge in [-0.25, -0.2) is 9.97 Å². The zero-order chi connectivity index (χ0) is 14.4. The molecule has 3 aromatic carbocycles. The van der Waals surface area contributed by atoms with E-state index in [1.807, 2.05) is 24.3 Å². The molecule has 0 atom stereocenters. The number of nitrogens with zero attached hydrogens (tertiary/aromatic N) is 3. The zero-order valence-corrected chi connectivity index (χ0v) is 12.0. The van der Waals surface area contributed by atoms with Crippen LogP contribution in [0.3, 0.4) is 0 Å². The van der Waals surface area contributed by atoms with Gasteiger partial charge in [0.05, 0.1) is 22.1 Å². The number of aromatic nitrogens is 2. The Morgan fingerprint density at radius 2 is 1.33 bits per heavy atom. The van der Waals surface area contributed by atoms with E-state index in [4.69, 9.17) is 9.97 Å². The second kappa shape index (κ2) is 4.42. The summed E-state index contributed by atoms with van der Waals surface area (Å²) in [6.45, 7) is 0. The van der Waals surface area contributed by atoms with Gasteiger partial charge in [0.15, 0.2) is 0 Å². The lowest BCUT2D eigenvalue weighted by molar-refractivity contribution is 1.14. The minimum absolute atomic E-state index is 0.935. The van der Waals surface area contributed by atoms with Crippen LogP contribution < -0.4 is 4.90 Å². The van der Waals surface area contributed by atoms with Crippen LogP contribution in [0.4, 0.5) is 5.69 Å². The standard InChI is InChI=1S/C18H15N3/c1-21(2)17-11-16-18(13-8-4-3-7-12(13)17)20-15-10-6-5-9-14(15)19-16/h3-11H,1-2H3. The molecule has 0 aliphatic rings. The summed E-state index contributed by atoms with van der Waals surface area (Å²) in [6.07, 6.45) is 0. The summed E-state index contributed by atoms with van der Waals surface area (Å²) in [5, 5.41) is 2.36. The third-order valence-corrected chi connectivity index (χ3v) is 3.81. The molecule has 0 fully saturated rings. The Hall–Kier alpha value is -2.68. The fourth-order valence-corrected chi connectivity index (χ4v) is 2.80. The second-order valence-electron chi connectivity index (χ2n) is 5.42. The average Bonchev–Trinajstić information content (AvgIpc) is 2.52.